The van der Waals surface area contributed by atoms with Crippen LogP contribution in [0.4, 0.5) is 0 Å². The van der Waals surface area contributed by atoms with Crippen LogP contribution in [0.25, 0.3) is 0 Å². The Bertz CT molecular complexity index is 270. The fraction of sp³-hybridized carbons (Fsp3) is 0.800. The van der Waals surface area contributed by atoms with Crippen LogP contribution >= 0.6 is 0 Å². The van der Waals surface area contributed by atoms with Gasteiger partial charge < -0.3 is 4.74 Å². The molecule has 1 aliphatic rings. The van der Waals surface area contributed by atoms with Gasteiger partial charge in [0, 0.05) is 6.54 Å². The van der Waals surface area contributed by atoms with Crippen molar-refractivity contribution in [3.8, 4) is 0 Å². The number of carbonyl (C=O) groups excluding carboxylic acids is 2. The van der Waals surface area contributed by atoms with Gasteiger partial charge >= 0.3 is 5.97 Å². The van der Waals surface area contributed by atoms with Crippen LogP contribution in [0.15, 0.2) is 0 Å². The predicted octanol–water partition coefficient (Wildman–Crippen LogP) is 0.440. The Morgan fingerprint density at radius 2 is 2.13 bits per heavy atom. The monoisotopic (exact) mass is 214 g/mol. The van der Waals surface area contributed by atoms with E-state index in [0.29, 0.717) is 13.0 Å². The van der Waals surface area contributed by atoms with Gasteiger partial charge in [-0.3, -0.25) is 14.6 Å². The number of carbonyl (C=O) groups is 2. The Morgan fingerprint density at radius 3 is 2.67 bits per heavy atom. The largest absolute Gasteiger partial charge is 0.459 e. The lowest BCUT2D eigenvalue weighted by molar-refractivity contribution is -0.166. The molecule has 0 bridgehead atoms. The molecule has 0 spiro atoms. The molecule has 1 amide bonds. The maximum atomic E-state index is 11.6. The van der Waals surface area contributed by atoms with Gasteiger partial charge in [0.1, 0.15) is 11.5 Å². The lowest BCUT2D eigenvalue weighted by atomic mass is 9.98. The van der Waals surface area contributed by atoms with E-state index < -0.39 is 17.5 Å². The topological polar surface area (TPSA) is 72.6 Å². The molecule has 5 heteroatoms. The Kier molecular flexibility index (Phi) is 3.34. The van der Waals surface area contributed by atoms with E-state index in [1.165, 1.54) is 0 Å². The van der Waals surface area contributed by atoms with Crippen molar-refractivity contribution in [3.63, 3.8) is 0 Å². The van der Waals surface area contributed by atoms with Crippen molar-refractivity contribution < 1.29 is 14.3 Å². The van der Waals surface area contributed by atoms with Crippen molar-refractivity contribution >= 4 is 11.9 Å². The van der Waals surface area contributed by atoms with E-state index in [2.05, 4.69) is 0 Å². The first-order chi connectivity index (χ1) is 6.81. The van der Waals surface area contributed by atoms with Gasteiger partial charge in [-0.25, -0.2) is 5.84 Å². The summed E-state index contributed by atoms with van der Waals surface area (Å²) in [6.45, 7) is 5.84. The van der Waals surface area contributed by atoms with Crippen molar-refractivity contribution in [3.05, 3.63) is 0 Å². The molecule has 5 nitrogen and oxygen atoms in total. The van der Waals surface area contributed by atoms with Crippen LogP contribution < -0.4 is 5.84 Å². The third kappa shape index (κ3) is 3.20. The quantitative estimate of drug-likeness (QED) is 0.297. The lowest BCUT2D eigenvalue weighted by Crippen LogP contribution is -2.49. The number of hydrogen-bond donors (Lipinski definition) is 1. The second kappa shape index (κ2) is 4.18. The molecule has 0 saturated carbocycles. The van der Waals surface area contributed by atoms with Crippen LogP contribution in [0, 0.1) is 5.92 Å². The summed E-state index contributed by atoms with van der Waals surface area (Å²) in [4.78, 5) is 23.2. The average Bonchev–Trinajstić information content (AvgIpc) is 2.06. The summed E-state index contributed by atoms with van der Waals surface area (Å²) in [5.74, 6) is 3.92. The van der Waals surface area contributed by atoms with Crippen LogP contribution in [0.3, 0.4) is 0 Å². The van der Waals surface area contributed by atoms with E-state index in [4.69, 9.17) is 10.6 Å². The van der Waals surface area contributed by atoms with Crippen molar-refractivity contribution in [2.24, 2.45) is 11.8 Å². The number of piperidine rings is 1. The maximum absolute atomic E-state index is 11.6. The number of nitrogens with zero attached hydrogens (tertiary/aromatic N) is 1. The minimum atomic E-state index is -0.719. The Labute approximate surface area is 89.5 Å². The highest BCUT2D eigenvalue weighted by Crippen LogP contribution is 2.20. The number of hydrazine groups is 1. The third-order valence-corrected chi connectivity index (χ3v) is 2.16. The zero-order chi connectivity index (χ0) is 11.6. The molecule has 15 heavy (non-hydrogen) atoms. The number of nitrogens with two attached hydrogens (primary N) is 1. The third-order valence-electron chi connectivity index (χ3n) is 2.16. The van der Waals surface area contributed by atoms with Gasteiger partial charge in [-0.15, -0.1) is 0 Å². The summed E-state index contributed by atoms with van der Waals surface area (Å²) in [5, 5.41) is 1.10. The van der Waals surface area contributed by atoms with Gasteiger partial charge in [-0.2, -0.15) is 0 Å². The fourth-order valence-corrected chi connectivity index (χ4v) is 1.49. The Morgan fingerprint density at radius 1 is 1.53 bits per heavy atom. The van der Waals surface area contributed by atoms with E-state index in [9.17, 15) is 9.59 Å². The lowest BCUT2D eigenvalue weighted by Gasteiger charge is -2.29. The first-order valence-electron chi connectivity index (χ1n) is 5.10. The molecule has 0 aliphatic carbocycles. The summed E-state index contributed by atoms with van der Waals surface area (Å²) < 4.78 is 5.15. The Balaban J connectivity index is 2.63. The smallest absolute Gasteiger partial charge is 0.319 e. The predicted molar refractivity (Wildman–Crippen MR) is 54.5 cm³/mol. The van der Waals surface area contributed by atoms with Crippen LogP contribution in [0.2, 0.25) is 0 Å². The molecule has 0 radical (unpaired) electrons. The standard InChI is InChI=1S/C10H18N2O3/c1-10(2,3)15-9(14)7-5-4-6-12(11)8(7)13/h7H,4-6,11H2,1-3H3/t7-/m1/s1. The number of hydrogen-bond acceptors (Lipinski definition) is 4. The summed E-state index contributed by atoms with van der Waals surface area (Å²) in [6.07, 6.45) is 1.27. The van der Waals surface area contributed by atoms with Crippen LogP contribution in [-0.4, -0.2) is 29.0 Å². The Hall–Kier alpha value is -1.10. The van der Waals surface area contributed by atoms with E-state index in [1.54, 1.807) is 20.8 Å². The number of esters is 1. The molecule has 1 saturated heterocycles. The molecule has 1 aliphatic heterocycles. The number of ether oxygens (including phenoxy) is 1. The van der Waals surface area contributed by atoms with Gasteiger partial charge in [-0.05, 0) is 33.6 Å². The SMILES string of the molecule is CC(C)(C)OC(=O)[C@@H]1CCCN(N)C1=O. The molecular formula is C10H18N2O3. The minimum absolute atomic E-state index is 0.337. The van der Waals surface area contributed by atoms with Crippen molar-refractivity contribution in [1.82, 2.24) is 5.01 Å². The molecular weight excluding hydrogens is 196 g/mol. The van der Waals surface area contributed by atoms with E-state index in [1.807, 2.05) is 0 Å². The normalized spacial score (nSPS) is 22.8. The summed E-state index contributed by atoms with van der Waals surface area (Å²) >= 11 is 0. The zero-order valence-electron chi connectivity index (χ0n) is 9.45. The second-order valence-corrected chi connectivity index (χ2v) is 4.76. The van der Waals surface area contributed by atoms with Gasteiger partial charge in [0.05, 0.1) is 0 Å². The highest BCUT2D eigenvalue weighted by atomic mass is 16.6. The van der Waals surface area contributed by atoms with E-state index >= 15 is 0 Å². The van der Waals surface area contributed by atoms with Crippen molar-refractivity contribution in [2.75, 3.05) is 6.54 Å². The summed E-state index contributed by atoms with van der Waals surface area (Å²) in [7, 11) is 0. The number of rotatable bonds is 1. The van der Waals surface area contributed by atoms with Gasteiger partial charge in [-0.1, -0.05) is 0 Å². The van der Waals surface area contributed by atoms with Crippen LogP contribution in [-0.2, 0) is 14.3 Å². The summed E-state index contributed by atoms with van der Waals surface area (Å²) in [5.41, 5.74) is -0.561. The van der Waals surface area contributed by atoms with Crippen molar-refractivity contribution in [1.29, 1.82) is 0 Å². The molecule has 2 N–H and O–H groups in total. The molecule has 0 unspecified atom stereocenters. The highest BCUT2D eigenvalue weighted by molar-refractivity contribution is 5.98. The first kappa shape index (κ1) is 12.0. The second-order valence-electron chi connectivity index (χ2n) is 4.76. The molecule has 1 fully saturated rings. The first-order valence-corrected chi connectivity index (χ1v) is 5.10. The molecule has 0 aromatic carbocycles. The maximum Gasteiger partial charge on any atom is 0.319 e. The fourth-order valence-electron chi connectivity index (χ4n) is 1.49. The van der Waals surface area contributed by atoms with Crippen LogP contribution in [0.1, 0.15) is 33.6 Å². The van der Waals surface area contributed by atoms with Gasteiger partial charge in [0.25, 0.3) is 5.91 Å². The molecule has 86 valence electrons. The highest BCUT2D eigenvalue weighted by Gasteiger charge is 2.35. The molecule has 0 aromatic heterocycles. The minimum Gasteiger partial charge on any atom is -0.459 e. The molecule has 1 atom stereocenters. The molecule has 0 aromatic rings. The molecule has 1 rings (SSSR count). The number of amides is 1. The van der Waals surface area contributed by atoms with E-state index in [0.717, 1.165) is 11.4 Å². The average molecular weight is 214 g/mol. The van der Waals surface area contributed by atoms with Gasteiger partial charge in [0.2, 0.25) is 0 Å². The van der Waals surface area contributed by atoms with Gasteiger partial charge in [0.15, 0.2) is 0 Å². The van der Waals surface area contributed by atoms with E-state index in [-0.39, 0.29) is 5.91 Å². The molecule has 1 heterocycles. The summed E-state index contributed by atoms with van der Waals surface area (Å²) in [6, 6.07) is 0. The zero-order valence-corrected chi connectivity index (χ0v) is 9.45. The van der Waals surface area contributed by atoms with Crippen LogP contribution in [0.5, 0.6) is 0 Å². The van der Waals surface area contributed by atoms with Crippen molar-refractivity contribution in [2.45, 2.75) is 39.2 Å².